The molecule has 154 valence electrons. The Morgan fingerprint density at radius 3 is 2.81 bits per heavy atom. The molecule has 0 aromatic carbocycles. The second kappa shape index (κ2) is 10.4. The third-order valence-electron chi connectivity index (χ3n) is 4.94. The third kappa shape index (κ3) is 7.03. The summed E-state index contributed by atoms with van der Waals surface area (Å²) >= 11 is 1.50. The van der Waals surface area contributed by atoms with Crippen molar-refractivity contribution in [2.24, 2.45) is 10.9 Å². The molecule has 2 amide bonds. The van der Waals surface area contributed by atoms with Crippen molar-refractivity contribution in [2.45, 2.75) is 91.2 Å². The van der Waals surface area contributed by atoms with Gasteiger partial charge in [-0.25, -0.2) is 9.48 Å². The Bertz CT molecular complexity index is 654. The summed E-state index contributed by atoms with van der Waals surface area (Å²) in [4.78, 5) is 17.4. The van der Waals surface area contributed by atoms with Crippen molar-refractivity contribution in [3.8, 4) is 0 Å². The molecule has 0 spiro atoms. The van der Waals surface area contributed by atoms with E-state index in [1.165, 1.54) is 24.2 Å². The van der Waals surface area contributed by atoms with E-state index in [4.69, 9.17) is 9.84 Å². The highest BCUT2D eigenvalue weighted by atomic mass is 32.1. The second-order valence-electron chi connectivity index (χ2n) is 8.47. The standard InChI is InChI=1S/C20H36N4O2S/c1-6-8-10-15(7-2)13-21-18(25)22-19-24(14-16-11-9-12-26-16)23-17(27-19)20(3,4)5/h15-16H,6-14H2,1-5H3,(H,21,25)/t15?,16-/m1/s1. The highest BCUT2D eigenvalue weighted by Crippen LogP contribution is 2.22. The Morgan fingerprint density at radius 2 is 2.22 bits per heavy atom. The van der Waals surface area contributed by atoms with Crippen molar-refractivity contribution in [3.63, 3.8) is 0 Å². The SMILES string of the molecule is CCCCC(CC)CNC(=O)N=c1sc(C(C)(C)C)nn1C[C@H]1CCCO1. The van der Waals surface area contributed by atoms with E-state index >= 15 is 0 Å². The van der Waals surface area contributed by atoms with Gasteiger partial charge in [-0.15, -0.1) is 0 Å². The van der Waals surface area contributed by atoms with Crippen LogP contribution in [0.3, 0.4) is 0 Å². The summed E-state index contributed by atoms with van der Waals surface area (Å²) in [7, 11) is 0. The molecule has 2 heterocycles. The van der Waals surface area contributed by atoms with Crippen LogP contribution in [0, 0.1) is 5.92 Å². The summed E-state index contributed by atoms with van der Waals surface area (Å²) in [5.74, 6) is 0.523. The molecule has 0 saturated carbocycles. The molecular formula is C20H36N4O2S. The zero-order valence-corrected chi connectivity index (χ0v) is 18.4. The molecule has 1 unspecified atom stereocenters. The lowest BCUT2D eigenvalue weighted by Gasteiger charge is -2.14. The molecule has 1 aliphatic rings. The van der Waals surface area contributed by atoms with Gasteiger partial charge in [0.25, 0.3) is 0 Å². The second-order valence-corrected chi connectivity index (χ2v) is 9.43. The zero-order valence-electron chi connectivity index (χ0n) is 17.6. The molecular weight excluding hydrogens is 360 g/mol. The van der Waals surface area contributed by atoms with Crippen molar-refractivity contribution in [1.29, 1.82) is 0 Å². The van der Waals surface area contributed by atoms with Gasteiger partial charge in [-0.3, -0.25) is 0 Å². The number of carbonyl (C=O) groups excluding carboxylic acids is 1. The maximum Gasteiger partial charge on any atom is 0.343 e. The van der Waals surface area contributed by atoms with Crippen molar-refractivity contribution in [1.82, 2.24) is 15.1 Å². The molecule has 7 heteroatoms. The quantitative estimate of drug-likeness (QED) is 0.714. The molecule has 6 nitrogen and oxygen atoms in total. The molecule has 1 saturated heterocycles. The van der Waals surface area contributed by atoms with Gasteiger partial charge in [-0.05, 0) is 25.2 Å². The highest BCUT2D eigenvalue weighted by molar-refractivity contribution is 7.09. The predicted octanol–water partition coefficient (Wildman–Crippen LogP) is 4.25. The Morgan fingerprint density at radius 1 is 1.44 bits per heavy atom. The molecule has 2 rings (SSSR count). The van der Waals surface area contributed by atoms with E-state index in [1.807, 2.05) is 4.68 Å². The molecule has 2 atom stereocenters. The first-order valence-corrected chi connectivity index (χ1v) is 11.2. The number of nitrogens with one attached hydrogen (secondary N) is 1. The highest BCUT2D eigenvalue weighted by Gasteiger charge is 2.23. The lowest BCUT2D eigenvalue weighted by atomic mass is 9.98. The van der Waals surface area contributed by atoms with Gasteiger partial charge in [-0.1, -0.05) is 65.2 Å². The monoisotopic (exact) mass is 396 g/mol. The fraction of sp³-hybridized carbons (Fsp3) is 0.850. The van der Waals surface area contributed by atoms with Crippen molar-refractivity contribution < 1.29 is 9.53 Å². The molecule has 1 aromatic heterocycles. The summed E-state index contributed by atoms with van der Waals surface area (Å²) in [5.41, 5.74) is -0.0688. The van der Waals surface area contributed by atoms with E-state index in [1.54, 1.807) is 0 Å². The van der Waals surface area contributed by atoms with Crippen molar-refractivity contribution in [2.75, 3.05) is 13.2 Å². The molecule has 0 aliphatic carbocycles. The maximum absolute atomic E-state index is 12.4. The average Bonchev–Trinajstić information content (AvgIpc) is 3.25. The minimum absolute atomic E-state index is 0.0688. The van der Waals surface area contributed by atoms with E-state index in [-0.39, 0.29) is 17.6 Å². The van der Waals surface area contributed by atoms with Gasteiger partial charge in [0.2, 0.25) is 4.80 Å². The molecule has 1 aromatic rings. The van der Waals surface area contributed by atoms with Crippen LogP contribution >= 0.6 is 11.3 Å². The topological polar surface area (TPSA) is 68.5 Å². The summed E-state index contributed by atoms with van der Waals surface area (Å²) in [6, 6.07) is -0.268. The number of hydrogen-bond acceptors (Lipinski definition) is 4. The normalized spacial score (nSPS) is 19.4. The van der Waals surface area contributed by atoms with Crippen molar-refractivity contribution >= 4 is 17.4 Å². The zero-order chi connectivity index (χ0) is 19.9. The molecule has 1 aliphatic heterocycles. The molecule has 1 fully saturated rings. The van der Waals surface area contributed by atoms with Gasteiger partial charge in [-0.2, -0.15) is 10.1 Å². The van der Waals surface area contributed by atoms with Crippen LogP contribution in [0.15, 0.2) is 4.99 Å². The van der Waals surface area contributed by atoms with Crippen molar-refractivity contribution in [3.05, 3.63) is 9.81 Å². The van der Waals surface area contributed by atoms with Crippen LogP contribution in [-0.4, -0.2) is 35.1 Å². The third-order valence-corrected chi connectivity index (χ3v) is 6.32. The van der Waals surface area contributed by atoms with Crippen LogP contribution in [0.2, 0.25) is 0 Å². The largest absolute Gasteiger partial charge is 0.376 e. The van der Waals surface area contributed by atoms with Gasteiger partial charge < -0.3 is 10.1 Å². The van der Waals surface area contributed by atoms with Gasteiger partial charge in [0.1, 0.15) is 5.01 Å². The number of rotatable bonds is 8. The Labute approximate surface area is 167 Å². The number of carbonyl (C=O) groups is 1. The van der Waals surface area contributed by atoms with Crippen LogP contribution < -0.4 is 10.1 Å². The predicted molar refractivity (Wildman–Crippen MR) is 110 cm³/mol. The Balaban J connectivity index is 2.11. The van der Waals surface area contributed by atoms with Crippen LogP contribution in [0.5, 0.6) is 0 Å². The summed E-state index contributed by atoms with van der Waals surface area (Å²) in [6.07, 6.45) is 6.92. The minimum atomic E-state index is -0.268. The average molecular weight is 397 g/mol. The Kier molecular flexibility index (Phi) is 8.48. The number of urea groups is 1. The first-order chi connectivity index (χ1) is 12.8. The number of amides is 2. The summed E-state index contributed by atoms with van der Waals surface area (Å²) in [6.45, 7) is 12.9. The first-order valence-electron chi connectivity index (χ1n) is 10.4. The van der Waals surface area contributed by atoms with Crippen LogP contribution in [0.4, 0.5) is 4.79 Å². The van der Waals surface area contributed by atoms with Gasteiger partial charge in [0.05, 0.1) is 12.6 Å². The van der Waals surface area contributed by atoms with Crippen LogP contribution in [0.1, 0.15) is 78.2 Å². The van der Waals surface area contributed by atoms with E-state index < -0.39 is 0 Å². The van der Waals surface area contributed by atoms with Crippen LogP contribution in [0.25, 0.3) is 0 Å². The van der Waals surface area contributed by atoms with Gasteiger partial charge in [0, 0.05) is 18.6 Å². The number of aromatic nitrogens is 2. The lowest BCUT2D eigenvalue weighted by Crippen LogP contribution is -2.30. The molecule has 1 N–H and O–H groups in total. The molecule has 27 heavy (non-hydrogen) atoms. The van der Waals surface area contributed by atoms with Crippen LogP contribution in [-0.2, 0) is 16.7 Å². The number of hydrogen-bond donors (Lipinski definition) is 1. The number of unbranched alkanes of at least 4 members (excludes halogenated alkanes) is 1. The van der Waals surface area contributed by atoms with Gasteiger partial charge in [0.15, 0.2) is 0 Å². The Hall–Kier alpha value is -1.21. The molecule has 0 radical (unpaired) electrons. The maximum atomic E-state index is 12.4. The minimum Gasteiger partial charge on any atom is -0.376 e. The summed E-state index contributed by atoms with van der Waals surface area (Å²) in [5, 5.41) is 8.71. The van der Waals surface area contributed by atoms with E-state index in [9.17, 15) is 4.79 Å². The summed E-state index contributed by atoms with van der Waals surface area (Å²) < 4.78 is 7.60. The van der Waals surface area contributed by atoms with E-state index in [2.05, 4.69) is 44.9 Å². The number of nitrogens with zero attached hydrogens (tertiary/aromatic N) is 3. The van der Waals surface area contributed by atoms with Gasteiger partial charge >= 0.3 is 6.03 Å². The lowest BCUT2D eigenvalue weighted by molar-refractivity contribution is 0.0928. The fourth-order valence-electron chi connectivity index (χ4n) is 3.10. The fourth-order valence-corrected chi connectivity index (χ4v) is 4.06. The van der Waals surface area contributed by atoms with E-state index in [0.717, 1.165) is 37.3 Å². The molecule has 0 bridgehead atoms. The smallest absolute Gasteiger partial charge is 0.343 e. The number of ether oxygens (including phenoxy) is 1. The first kappa shape index (κ1) is 22.1. The van der Waals surface area contributed by atoms with E-state index in [0.29, 0.717) is 23.8 Å².